The maximum absolute atomic E-state index is 13.0. The molecule has 0 bridgehead atoms. The second-order valence-corrected chi connectivity index (χ2v) is 12.1. The number of anilines is 2. The van der Waals surface area contributed by atoms with E-state index in [1.54, 1.807) is 60.7 Å². The number of hydrogen-bond acceptors (Lipinski definition) is 7. The van der Waals surface area contributed by atoms with E-state index in [9.17, 15) is 18.0 Å². The van der Waals surface area contributed by atoms with Crippen LogP contribution in [0.1, 0.15) is 31.7 Å². The van der Waals surface area contributed by atoms with Crippen molar-refractivity contribution in [3.8, 4) is 11.1 Å². The molecule has 1 heterocycles. The zero-order valence-corrected chi connectivity index (χ0v) is 25.2. The summed E-state index contributed by atoms with van der Waals surface area (Å²) in [6.45, 7) is 4.42. The van der Waals surface area contributed by atoms with Gasteiger partial charge in [-0.25, -0.2) is 18.4 Å². The van der Waals surface area contributed by atoms with Gasteiger partial charge in [-0.3, -0.25) is 4.79 Å². The average molecular weight is 607 g/mol. The third-order valence-electron chi connectivity index (χ3n) is 7.15. The van der Waals surface area contributed by atoms with Gasteiger partial charge in [0.1, 0.15) is 11.9 Å². The largest absolute Gasteiger partial charge is 0.444 e. The Labute approximate surface area is 252 Å². The fraction of sp³-hybridized carbons (Fsp3) is 0.323. The second kappa shape index (κ2) is 14.3. The van der Waals surface area contributed by atoms with E-state index in [4.69, 9.17) is 15.6 Å². The molecule has 0 aromatic heterocycles. The Hall–Kier alpha value is -4.26. The molecule has 1 saturated heterocycles. The van der Waals surface area contributed by atoms with Crippen molar-refractivity contribution in [1.29, 1.82) is 0 Å². The van der Waals surface area contributed by atoms with E-state index < -0.39 is 16.1 Å². The highest BCUT2D eigenvalue weighted by atomic mass is 32.2. The number of primary sulfonamides is 1. The van der Waals surface area contributed by atoms with Crippen LogP contribution in [0, 0.1) is 0 Å². The molecule has 1 aliphatic heterocycles. The van der Waals surface area contributed by atoms with Crippen molar-refractivity contribution >= 4 is 39.2 Å². The Bertz CT molecular complexity index is 1570. The number of hydrogen-bond donors (Lipinski definition) is 3. The molecule has 1 fully saturated rings. The van der Waals surface area contributed by atoms with Gasteiger partial charge < -0.3 is 25.6 Å². The zero-order valence-electron chi connectivity index (χ0n) is 24.4. The minimum atomic E-state index is -3.89. The average Bonchev–Trinajstić information content (AvgIpc) is 2.98. The van der Waals surface area contributed by atoms with Crippen LogP contribution >= 0.6 is 0 Å². The van der Waals surface area contributed by atoms with Crippen molar-refractivity contribution < 1.29 is 22.7 Å². The minimum Gasteiger partial charge on any atom is -0.444 e. The van der Waals surface area contributed by atoms with E-state index in [0.717, 1.165) is 38.0 Å². The molecule has 1 aliphatic rings. The number of nitrogens with zero attached hydrogens (tertiary/aromatic N) is 3. The van der Waals surface area contributed by atoms with Crippen LogP contribution in [0.2, 0.25) is 0 Å². The fourth-order valence-corrected chi connectivity index (χ4v) is 5.69. The van der Waals surface area contributed by atoms with Crippen molar-refractivity contribution in [2.75, 3.05) is 43.4 Å². The van der Waals surface area contributed by atoms with Crippen LogP contribution in [0.3, 0.4) is 0 Å². The lowest BCUT2D eigenvalue weighted by atomic mass is 10.1. The Balaban J connectivity index is 1.41. The maximum Gasteiger partial charge on any atom is 0.435 e. The monoisotopic (exact) mass is 606 g/mol. The third-order valence-corrected chi connectivity index (χ3v) is 8.12. The first kappa shape index (κ1) is 31.7. The highest BCUT2D eigenvalue weighted by molar-refractivity contribution is 7.89. The molecule has 0 atom stereocenters. The van der Waals surface area contributed by atoms with Crippen LogP contribution in [0.4, 0.5) is 16.2 Å². The molecule has 5 N–H and O–H groups in total. The lowest BCUT2D eigenvalue weighted by Crippen LogP contribution is -2.35. The number of aliphatic imine (C=N–C) groups is 1. The van der Waals surface area contributed by atoms with Crippen molar-refractivity contribution in [2.45, 2.75) is 37.2 Å². The Morgan fingerprint density at radius 3 is 2.42 bits per heavy atom. The van der Waals surface area contributed by atoms with Gasteiger partial charge in [0.15, 0.2) is 0 Å². The Kier molecular flexibility index (Phi) is 10.5. The Morgan fingerprint density at radius 1 is 1.05 bits per heavy atom. The van der Waals surface area contributed by atoms with Gasteiger partial charge in [0.2, 0.25) is 15.9 Å². The number of ether oxygens (including phenoxy) is 1. The molecule has 3 aromatic rings. The lowest BCUT2D eigenvalue weighted by molar-refractivity contribution is -0.115. The number of sulfonamides is 1. The van der Waals surface area contributed by atoms with Gasteiger partial charge in [-0.2, -0.15) is 4.99 Å². The van der Waals surface area contributed by atoms with Crippen LogP contribution in [-0.2, 0) is 19.6 Å². The number of amidine groups is 1. The summed E-state index contributed by atoms with van der Waals surface area (Å²) in [5, 5.41) is 8.26. The lowest BCUT2D eigenvalue weighted by Gasteiger charge is -2.28. The summed E-state index contributed by atoms with van der Waals surface area (Å²) < 4.78 is 29.4. The van der Waals surface area contributed by atoms with E-state index in [1.807, 2.05) is 24.9 Å². The van der Waals surface area contributed by atoms with Crippen LogP contribution in [-0.4, -0.2) is 70.5 Å². The van der Waals surface area contributed by atoms with Crippen molar-refractivity contribution in [2.24, 2.45) is 15.9 Å². The molecule has 0 spiro atoms. The summed E-state index contributed by atoms with van der Waals surface area (Å²) in [7, 11) is -1.86. The van der Waals surface area contributed by atoms with E-state index in [1.165, 1.54) is 6.07 Å². The fourth-order valence-electron chi connectivity index (χ4n) is 4.93. The summed E-state index contributed by atoms with van der Waals surface area (Å²) in [5.74, 6) is -0.190. The first-order valence-electron chi connectivity index (χ1n) is 14.1. The smallest absolute Gasteiger partial charge is 0.435 e. The SMILES string of the molecule is CCCN(CC(=O)Nc1ccc(-c2ccccc2S(N)(=O)=O)cc1)c1cccc(C(N)=NC(=O)OC2CCN(C)CC2)c1. The van der Waals surface area contributed by atoms with Gasteiger partial charge in [-0.15, -0.1) is 0 Å². The molecular formula is C31H38N6O5S. The highest BCUT2D eigenvalue weighted by Crippen LogP contribution is 2.27. The van der Waals surface area contributed by atoms with Crippen molar-refractivity contribution in [1.82, 2.24) is 4.90 Å². The summed E-state index contributed by atoms with van der Waals surface area (Å²) in [5.41, 5.74) is 9.16. The molecule has 0 saturated carbocycles. The molecule has 0 unspecified atom stereocenters. The predicted octanol–water partition coefficient (Wildman–Crippen LogP) is 3.79. The van der Waals surface area contributed by atoms with E-state index >= 15 is 0 Å². The predicted molar refractivity (Wildman–Crippen MR) is 169 cm³/mol. The van der Waals surface area contributed by atoms with E-state index in [2.05, 4.69) is 15.2 Å². The molecule has 4 rings (SSSR count). The number of benzene rings is 3. The highest BCUT2D eigenvalue weighted by Gasteiger charge is 2.21. The van der Waals surface area contributed by atoms with Gasteiger partial charge in [0.05, 0.1) is 11.4 Å². The number of nitrogens with two attached hydrogens (primary N) is 2. The number of amides is 2. The number of rotatable bonds is 10. The van der Waals surface area contributed by atoms with Crippen LogP contribution in [0.5, 0.6) is 0 Å². The molecule has 43 heavy (non-hydrogen) atoms. The molecule has 11 nitrogen and oxygen atoms in total. The summed E-state index contributed by atoms with van der Waals surface area (Å²) in [4.78, 5) is 33.5. The van der Waals surface area contributed by atoms with Gasteiger partial charge in [0, 0.05) is 42.1 Å². The maximum atomic E-state index is 13.0. The molecular weight excluding hydrogens is 568 g/mol. The van der Waals surface area contributed by atoms with Crippen molar-refractivity contribution in [3.63, 3.8) is 0 Å². The summed E-state index contributed by atoms with van der Waals surface area (Å²) in [6, 6.07) is 20.6. The summed E-state index contributed by atoms with van der Waals surface area (Å²) in [6.07, 6.45) is 1.44. The first-order chi connectivity index (χ1) is 20.5. The third kappa shape index (κ3) is 8.87. The molecule has 0 aliphatic carbocycles. The standard InChI is InChI=1S/C31H38N6O5S/c1-3-17-37(25-8-6-7-23(20-25)30(32)35-31(39)42-26-15-18-36(2)19-16-26)21-29(38)34-24-13-11-22(12-14-24)27-9-4-5-10-28(27)43(33,40)41/h4-14,20,26H,3,15-19,21H2,1-2H3,(H,34,38)(H2,32,35,39)(H2,33,40,41). The topological polar surface area (TPSA) is 160 Å². The van der Waals surface area contributed by atoms with E-state index in [0.29, 0.717) is 28.9 Å². The van der Waals surface area contributed by atoms with E-state index in [-0.39, 0.29) is 29.3 Å². The van der Waals surface area contributed by atoms with Gasteiger partial charge in [-0.05, 0) is 62.2 Å². The van der Waals surface area contributed by atoms with Gasteiger partial charge in [-0.1, -0.05) is 49.4 Å². The van der Waals surface area contributed by atoms with Crippen molar-refractivity contribution in [3.05, 3.63) is 78.4 Å². The van der Waals surface area contributed by atoms with Crippen LogP contribution in [0.25, 0.3) is 11.1 Å². The first-order valence-corrected chi connectivity index (χ1v) is 15.7. The molecule has 3 aromatic carbocycles. The molecule has 12 heteroatoms. The van der Waals surface area contributed by atoms with Gasteiger partial charge >= 0.3 is 6.09 Å². The Morgan fingerprint density at radius 2 is 1.74 bits per heavy atom. The number of carbonyl (C=O) groups excluding carboxylic acids is 2. The summed E-state index contributed by atoms with van der Waals surface area (Å²) >= 11 is 0. The van der Waals surface area contributed by atoms with Crippen LogP contribution < -0.4 is 21.1 Å². The number of likely N-dealkylation sites (tertiary alicyclic amines) is 1. The molecule has 2 amide bonds. The normalized spacial score (nSPS) is 14.7. The van der Waals surface area contributed by atoms with Crippen LogP contribution in [0.15, 0.2) is 82.7 Å². The second-order valence-electron chi connectivity index (χ2n) is 10.5. The quantitative estimate of drug-likeness (QED) is 0.232. The molecule has 0 radical (unpaired) electrons. The zero-order chi connectivity index (χ0) is 31.0. The minimum absolute atomic E-state index is 0.0315. The molecule has 228 valence electrons. The van der Waals surface area contributed by atoms with Gasteiger partial charge in [0.25, 0.3) is 0 Å². The number of nitrogens with one attached hydrogen (secondary N) is 1. The number of carbonyl (C=O) groups is 2. The number of piperidine rings is 1.